The summed E-state index contributed by atoms with van der Waals surface area (Å²) >= 11 is 0. The molecule has 1 N–H and O–H groups in total. The Kier molecular flexibility index (Phi) is 5.41. The van der Waals surface area contributed by atoms with Crippen molar-refractivity contribution in [3.63, 3.8) is 0 Å². The first-order chi connectivity index (χ1) is 9.63. The van der Waals surface area contributed by atoms with Crippen molar-refractivity contribution in [3.05, 3.63) is 23.4 Å². The summed E-state index contributed by atoms with van der Waals surface area (Å²) in [7, 11) is 4.21. The summed E-state index contributed by atoms with van der Waals surface area (Å²) in [5, 5.41) is 3.24. The van der Waals surface area contributed by atoms with Gasteiger partial charge >= 0.3 is 0 Å². The summed E-state index contributed by atoms with van der Waals surface area (Å²) in [5.74, 6) is 2.04. The fraction of sp³-hybridized carbons (Fsp3) is 0.706. The molecule has 1 heterocycles. The van der Waals surface area contributed by atoms with Crippen LogP contribution in [-0.4, -0.2) is 25.1 Å². The monoisotopic (exact) mass is 275 g/mol. The van der Waals surface area contributed by atoms with Gasteiger partial charge in [-0.15, -0.1) is 0 Å². The Balaban J connectivity index is 2.15. The second-order valence-electron chi connectivity index (χ2n) is 6.23. The number of nitrogens with zero attached hydrogens (tertiary/aromatic N) is 2. The molecule has 2 rings (SSSR count). The van der Waals surface area contributed by atoms with Crippen LogP contribution in [-0.2, 0) is 13.0 Å². The first-order valence-electron chi connectivity index (χ1n) is 8.01. The highest BCUT2D eigenvalue weighted by molar-refractivity contribution is 5.43. The molecule has 20 heavy (non-hydrogen) atoms. The fourth-order valence-electron chi connectivity index (χ4n) is 3.12. The zero-order valence-corrected chi connectivity index (χ0v) is 13.4. The molecule has 0 aromatic carbocycles. The van der Waals surface area contributed by atoms with E-state index in [-0.39, 0.29) is 0 Å². The second kappa shape index (κ2) is 7.07. The normalized spacial score (nSPS) is 22.8. The highest BCUT2D eigenvalue weighted by Crippen LogP contribution is 2.29. The molecule has 0 saturated heterocycles. The van der Waals surface area contributed by atoms with Crippen molar-refractivity contribution < 1.29 is 0 Å². The maximum absolute atomic E-state index is 4.83. The topological polar surface area (TPSA) is 28.2 Å². The largest absolute Gasteiger partial charge is 0.357 e. The van der Waals surface area contributed by atoms with E-state index < -0.39 is 0 Å². The molecule has 3 nitrogen and oxygen atoms in total. The molecule has 1 aromatic heterocycles. The summed E-state index contributed by atoms with van der Waals surface area (Å²) in [6.45, 7) is 5.47. The molecule has 3 heteroatoms. The number of rotatable bonds is 5. The lowest BCUT2D eigenvalue weighted by Gasteiger charge is -2.34. The Morgan fingerprint density at radius 1 is 1.25 bits per heavy atom. The highest BCUT2D eigenvalue weighted by atomic mass is 15.2. The first kappa shape index (κ1) is 15.3. The predicted molar refractivity (Wildman–Crippen MR) is 86.2 cm³/mol. The van der Waals surface area contributed by atoms with Crippen LogP contribution >= 0.6 is 0 Å². The van der Waals surface area contributed by atoms with Crippen LogP contribution in [0.1, 0.15) is 50.8 Å². The average Bonchev–Trinajstić information content (AvgIpc) is 2.47. The van der Waals surface area contributed by atoms with E-state index in [4.69, 9.17) is 4.98 Å². The Morgan fingerprint density at radius 3 is 2.55 bits per heavy atom. The summed E-state index contributed by atoms with van der Waals surface area (Å²) in [6.07, 6.45) is 6.31. The van der Waals surface area contributed by atoms with Crippen molar-refractivity contribution in [2.75, 3.05) is 19.0 Å². The first-order valence-corrected chi connectivity index (χ1v) is 8.01. The highest BCUT2D eigenvalue weighted by Gasteiger charge is 2.22. The standard InChI is InChI=1S/C17H29N3/c1-5-15-10-14(12-18-3)11-17(19-15)20(4)16-8-6-13(2)7-9-16/h10-11,13,16,18H,5-9,12H2,1-4H3. The third kappa shape index (κ3) is 3.72. The van der Waals surface area contributed by atoms with Gasteiger partial charge in [-0.2, -0.15) is 0 Å². The number of anilines is 1. The molecular weight excluding hydrogens is 246 g/mol. The van der Waals surface area contributed by atoms with Gasteiger partial charge in [0.1, 0.15) is 5.82 Å². The minimum absolute atomic E-state index is 0.660. The van der Waals surface area contributed by atoms with Gasteiger partial charge in [-0.25, -0.2) is 4.98 Å². The Bertz CT molecular complexity index is 422. The van der Waals surface area contributed by atoms with E-state index in [0.717, 1.165) is 24.7 Å². The zero-order valence-electron chi connectivity index (χ0n) is 13.4. The Labute approximate surface area is 123 Å². The molecule has 1 saturated carbocycles. The third-order valence-corrected chi connectivity index (χ3v) is 4.56. The van der Waals surface area contributed by atoms with E-state index in [1.807, 2.05) is 7.05 Å². The number of aryl methyl sites for hydroxylation is 1. The maximum atomic E-state index is 4.83. The van der Waals surface area contributed by atoms with E-state index in [1.54, 1.807) is 0 Å². The second-order valence-corrected chi connectivity index (χ2v) is 6.23. The molecule has 112 valence electrons. The lowest BCUT2D eigenvalue weighted by molar-refractivity contribution is 0.340. The lowest BCUT2D eigenvalue weighted by atomic mass is 9.87. The van der Waals surface area contributed by atoms with Crippen molar-refractivity contribution in [2.24, 2.45) is 5.92 Å². The zero-order chi connectivity index (χ0) is 14.5. The van der Waals surface area contributed by atoms with Gasteiger partial charge in [0.15, 0.2) is 0 Å². The van der Waals surface area contributed by atoms with Gasteiger partial charge in [0.25, 0.3) is 0 Å². The Hall–Kier alpha value is -1.09. The van der Waals surface area contributed by atoms with E-state index in [2.05, 4.69) is 43.2 Å². The molecule has 0 radical (unpaired) electrons. The van der Waals surface area contributed by atoms with Crippen LogP contribution in [0.5, 0.6) is 0 Å². The minimum atomic E-state index is 0.660. The van der Waals surface area contributed by atoms with Crippen LogP contribution in [0.4, 0.5) is 5.82 Å². The van der Waals surface area contributed by atoms with Gasteiger partial charge in [-0.1, -0.05) is 13.8 Å². The van der Waals surface area contributed by atoms with E-state index >= 15 is 0 Å². The van der Waals surface area contributed by atoms with Crippen molar-refractivity contribution in [2.45, 2.75) is 58.5 Å². The number of hydrogen-bond donors (Lipinski definition) is 1. The number of nitrogens with one attached hydrogen (secondary N) is 1. The van der Waals surface area contributed by atoms with Crippen molar-refractivity contribution in [3.8, 4) is 0 Å². The summed E-state index contributed by atoms with van der Waals surface area (Å²) in [5.41, 5.74) is 2.54. The quantitative estimate of drug-likeness (QED) is 0.893. The van der Waals surface area contributed by atoms with Crippen molar-refractivity contribution >= 4 is 5.82 Å². The molecule has 1 aliphatic rings. The summed E-state index contributed by atoms with van der Waals surface area (Å²) < 4.78 is 0. The summed E-state index contributed by atoms with van der Waals surface area (Å²) in [4.78, 5) is 7.23. The third-order valence-electron chi connectivity index (χ3n) is 4.56. The summed E-state index contributed by atoms with van der Waals surface area (Å²) in [6, 6.07) is 5.12. The van der Waals surface area contributed by atoms with Gasteiger partial charge < -0.3 is 10.2 Å². The number of hydrogen-bond acceptors (Lipinski definition) is 3. The predicted octanol–water partition coefficient (Wildman–Crippen LogP) is 3.38. The number of aromatic nitrogens is 1. The SMILES string of the molecule is CCc1cc(CNC)cc(N(C)C2CCC(C)CC2)n1. The van der Waals surface area contributed by atoms with E-state index in [9.17, 15) is 0 Å². The van der Waals surface area contributed by atoms with E-state index in [0.29, 0.717) is 6.04 Å². The Morgan fingerprint density at radius 2 is 1.95 bits per heavy atom. The van der Waals surface area contributed by atoms with Crippen LogP contribution in [0.2, 0.25) is 0 Å². The van der Waals surface area contributed by atoms with Gasteiger partial charge in [-0.05, 0) is 62.8 Å². The average molecular weight is 275 g/mol. The fourth-order valence-corrected chi connectivity index (χ4v) is 3.12. The molecule has 0 atom stereocenters. The minimum Gasteiger partial charge on any atom is -0.357 e. The van der Waals surface area contributed by atoms with Crippen LogP contribution in [0, 0.1) is 5.92 Å². The van der Waals surface area contributed by atoms with Gasteiger partial charge in [0.05, 0.1) is 0 Å². The van der Waals surface area contributed by atoms with Gasteiger partial charge in [0, 0.05) is 25.3 Å². The van der Waals surface area contributed by atoms with Crippen molar-refractivity contribution in [1.82, 2.24) is 10.3 Å². The number of pyridine rings is 1. The molecular formula is C17H29N3. The van der Waals surface area contributed by atoms with E-state index in [1.165, 1.54) is 36.9 Å². The maximum Gasteiger partial charge on any atom is 0.129 e. The molecule has 0 aliphatic heterocycles. The molecule has 0 amide bonds. The van der Waals surface area contributed by atoms with Crippen LogP contribution in [0.3, 0.4) is 0 Å². The van der Waals surface area contributed by atoms with Crippen LogP contribution in [0.15, 0.2) is 12.1 Å². The smallest absolute Gasteiger partial charge is 0.129 e. The molecule has 0 bridgehead atoms. The van der Waals surface area contributed by atoms with Crippen LogP contribution < -0.4 is 10.2 Å². The van der Waals surface area contributed by atoms with Crippen molar-refractivity contribution in [1.29, 1.82) is 0 Å². The molecule has 0 unspecified atom stereocenters. The molecule has 1 aromatic rings. The lowest BCUT2D eigenvalue weighted by Crippen LogP contribution is -2.35. The molecule has 1 fully saturated rings. The molecule has 0 spiro atoms. The van der Waals surface area contributed by atoms with Gasteiger partial charge in [0.2, 0.25) is 0 Å². The van der Waals surface area contributed by atoms with Gasteiger partial charge in [-0.3, -0.25) is 0 Å². The van der Waals surface area contributed by atoms with Crippen LogP contribution in [0.25, 0.3) is 0 Å². The molecule has 1 aliphatic carbocycles.